The second kappa shape index (κ2) is 17.0. The number of hydrogen-bond donors (Lipinski definition) is 4. The van der Waals surface area contributed by atoms with Crippen molar-refractivity contribution in [2.75, 3.05) is 46.1 Å². The molecule has 1 saturated heterocycles. The molecule has 2 amide bonds. The number of aryl methyl sites for hydroxylation is 2. The van der Waals surface area contributed by atoms with E-state index in [1.165, 1.54) is 0 Å². The average Bonchev–Trinajstić information content (AvgIpc) is 3.81. The largest absolute Gasteiger partial charge is 0.492 e. The van der Waals surface area contributed by atoms with Crippen LogP contribution in [0.1, 0.15) is 52.4 Å². The predicted molar refractivity (Wildman–Crippen MR) is 170 cm³/mol. The molecule has 4 heterocycles. The predicted octanol–water partition coefficient (Wildman–Crippen LogP) is 2.67. The molecule has 0 aliphatic carbocycles. The van der Waals surface area contributed by atoms with E-state index < -0.39 is 0 Å². The van der Waals surface area contributed by atoms with Gasteiger partial charge in [-0.15, -0.1) is 0 Å². The van der Waals surface area contributed by atoms with Gasteiger partial charge in [-0.1, -0.05) is 19.1 Å². The van der Waals surface area contributed by atoms with Crippen molar-refractivity contribution in [3.8, 4) is 17.2 Å². The summed E-state index contributed by atoms with van der Waals surface area (Å²) in [5.41, 5.74) is 3.66. The maximum atomic E-state index is 13.5. The number of ether oxygens (including phenoxy) is 3. The first-order valence-corrected chi connectivity index (χ1v) is 15.4. The molecule has 3 aromatic rings. The minimum atomic E-state index is -0.360. The molecule has 3 aliphatic rings. The number of nitrogens with zero attached hydrogens (tertiary/aromatic N) is 3. The molecule has 252 valence electrons. The number of aromatic nitrogens is 2. The molecule has 4 N–H and O–H groups in total. The number of benzene rings is 2. The van der Waals surface area contributed by atoms with E-state index in [1.54, 1.807) is 23.1 Å². The topological polar surface area (TPSA) is 184 Å². The van der Waals surface area contributed by atoms with Gasteiger partial charge in [-0.3, -0.25) is 24.1 Å². The van der Waals surface area contributed by atoms with Crippen molar-refractivity contribution in [1.82, 2.24) is 25.1 Å². The summed E-state index contributed by atoms with van der Waals surface area (Å²) in [6.07, 6.45) is 1.67. The summed E-state index contributed by atoms with van der Waals surface area (Å²) in [5.74, 6) is 2.33. The third-order valence-electron chi connectivity index (χ3n) is 8.22. The van der Waals surface area contributed by atoms with E-state index in [2.05, 4.69) is 29.0 Å². The summed E-state index contributed by atoms with van der Waals surface area (Å²) in [5, 5.41) is 16.9. The Bertz CT molecular complexity index is 1520. The first-order chi connectivity index (χ1) is 22.8. The normalized spacial score (nSPS) is 18.9. The number of fused-ring (bicyclic) bond motifs is 5. The zero-order valence-electron chi connectivity index (χ0n) is 26.5. The summed E-state index contributed by atoms with van der Waals surface area (Å²) < 4.78 is 17.1. The van der Waals surface area contributed by atoms with E-state index in [0.29, 0.717) is 43.3 Å². The Labute approximate surface area is 272 Å². The Balaban J connectivity index is 0.000000776. The fourth-order valence-electron chi connectivity index (χ4n) is 5.92. The lowest BCUT2D eigenvalue weighted by atomic mass is 9.88. The molecule has 1 fully saturated rings. The van der Waals surface area contributed by atoms with Crippen LogP contribution < -0.4 is 19.5 Å². The van der Waals surface area contributed by atoms with E-state index in [4.69, 9.17) is 39.0 Å². The Morgan fingerprint density at radius 2 is 1.77 bits per heavy atom. The molecule has 0 spiro atoms. The van der Waals surface area contributed by atoms with Gasteiger partial charge in [0.25, 0.3) is 18.9 Å². The van der Waals surface area contributed by atoms with Crippen molar-refractivity contribution in [3.63, 3.8) is 0 Å². The maximum Gasteiger partial charge on any atom is 0.290 e. The first-order valence-electron chi connectivity index (χ1n) is 15.4. The van der Waals surface area contributed by atoms with Crippen LogP contribution in [0.15, 0.2) is 42.5 Å². The molecule has 2 bridgehead atoms. The zero-order chi connectivity index (χ0) is 33.8. The Hall–Kier alpha value is -5.11. The van der Waals surface area contributed by atoms with E-state index in [1.807, 2.05) is 24.3 Å². The SMILES string of the molecule is CCc1nc(CN2CCCNC(=O)[C@H]3CN(C(=O)c4ccc5c(c4)OCO5)C[C@@H]3c3cccc(c3)OCC2)c(C)[nH]1.O=CO.O=CO. The number of carbonyl (C=O) groups excluding carboxylic acids is 2. The van der Waals surface area contributed by atoms with Gasteiger partial charge in [-0.2, -0.15) is 0 Å². The van der Waals surface area contributed by atoms with Crippen LogP contribution in [0.25, 0.3) is 0 Å². The van der Waals surface area contributed by atoms with Crippen molar-refractivity contribution < 1.29 is 43.6 Å². The van der Waals surface area contributed by atoms with Crippen LogP contribution in [0.5, 0.6) is 17.2 Å². The molecule has 47 heavy (non-hydrogen) atoms. The highest BCUT2D eigenvalue weighted by molar-refractivity contribution is 5.96. The van der Waals surface area contributed by atoms with Crippen molar-refractivity contribution >= 4 is 24.8 Å². The lowest BCUT2D eigenvalue weighted by Gasteiger charge is -2.24. The van der Waals surface area contributed by atoms with E-state index in [9.17, 15) is 9.59 Å². The van der Waals surface area contributed by atoms with E-state index >= 15 is 0 Å². The van der Waals surface area contributed by atoms with Crippen molar-refractivity contribution in [2.45, 2.75) is 39.2 Å². The van der Waals surface area contributed by atoms with Crippen LogP contribution >= 0.6 is 0 Å². The van der Waals surface area contributed by atoms with Crippen LogP contribution in [0.2, 0.25) is 0 Å². The van der Waals surface area contributed by atoms with Crippen LogP contribution in [0.4, 0.5) is 0 Å². The molecule has 1 aromatic heterocycles. The summed E-state index contributed by atoms with van der Waals surface area (Å²) in [6.45, 7) is 7.99. The summed E-state index contributed by atoms with van der Waals surface area (Å²) in [7, 11) is 0. The van der Waals surface area contributed by atoms with Crippen LogP contribution in [0, 0.1) is 12.8 Å². The molecule has 0 unspecified atom stereocenters. The minimum absolute atomic E-state index is 0.0262. The number of hydrogen-bond acceptors (Lipinski definition) is 9. The number of amides is 2. The van der Waals surface area contributed by atoms with Gasteiger partial charge in [0, 0.05) is 62.9 Å². The van der Waals surface area contributed by atoms with Crippen molar-refractivity contribution in [1.29, 1.82) is 0 Å². The smallest absolute Gasteiger partial charge is 0.290 e. The highest BCUT2D eigenvalue weighted by atomic mass is 16.7. The maximum absolute atomic E-state index is 13.5. The lowest BCUT2D eigenvalue weighted by Crippen LogP contribution is -2.37. The number of carbonyl (C=O) groups is 4. The quantitative estimate of drug-likeness (QED) is 0.304. The van der Waals surface area contributed by atoms with Gasteiger partial charge in [-0.05, 0) is 49.2 Å². The van der Waals surface area contributed by atoms with Crippen LogP contribution in [-0.2, 0) is 27.3 Å². The molecule has 3 aliphatic heterocycles. The van der Waals surface area contributed by atoms with Crippen molar-refractivity contribution in [3.05, 3.63) is 70.8 Å². The number of aromatic amines is 1. The molecule has 2 atom stereocenters. The molecular weight excluding hydrogens is 610 g/mol. The third-order valence-corrected chi connectivity index (χ3v) is 8.22. The molecule has 14 heteroatoms. The average molecular weight is 652 g/mol. The highest BCUT2D eigenvalue weighted by Crippen LogP contribution is 2.37. The van der Waals surface area contributed by atoms with Gasteiger partial charge >= 0.3 is 0 Å². The van der Waals surface area contributed by atoms with E-state index in [0.717, 1.165) is 61.0 Å². The Morgan fingerprint density at radius 1 is 1.02 bits per heavy atom. The molecule has 6 rings (SSSR count). The highest BCUT2D eigenvalue weighted by Gasteiger charge is 2.41. The number of carboxylic acid groups (broad SMARTS) is 2. The summed E-state index contributed by atoms with van der Waals surface area (Å²) >= 11 is 0. The standard InChI is InChI=1S/C31H37N5O5.2CH2O2/c1-3-29-33-20(2)26(34-29)18-35-11-5-10-32-30(37)25-17-36(31(38)22-8-9-27-28(15-22)41-19-40-27)16-24(25)21-6-4-7-23(14-21)39-13-12-35;2*2-1-3/h4,6-9,14-15,24-25H,3,5,10-13,16-19H2,1-2H3,(H,32,37)(H,33,34);2*1H,(H,2,3)/t24-,25+;;/m1../s1. The second-order valence-corrected chi connectivity index (χ2v) is 11.2. The molecule has 2 aromatic carbocycles. The van der Waals surface area contributed by atoms with E-state index in [-0.39, 0.29) is 43.4 Å². The number of nitrogens with one attached hydrogen (secondary N) is 2. The summed E-state index contributed by atoms with van der Waals surface area (Å²) in [4.78, 5) is 56.0. The zero-order valence-corrected chi connectivity index (χ0v) is 26.5. The van der Waals surface area contributed by atoms with Gasteiger partial charge in [0.2, 0.25) is 12.7 Å². The molecule has 14 nitrogen and oxygen atoms in total. The monoisotopic (exact) mass is 651 g/mol. The summed E-state index contributed by atoms with van der Waals surface area (Å²) in [6, 6.07) is 13.2. The molecule has 0 saturated carbocycles. The molecular formula is C33H41N5O9. The number of likely N-dealkylation sites (tertiary alicyclic amines) is 1. The van der Waals surface area contributed by atoms with Gasteiger partial charge < -0.3 is 39.6 Å². The number of rotatable bonds is 4. The number of imidazole rings is 1. The fourth-order valence-corrected chi connectivity index (χ4v) is 5.92. The second-order valence-electron chi connectivity index (χ2n) is 11.2. The minimum Gasteiger partial charge on any atom is -0.492 e. The fraction of sp³-hybridized carbons (Fsp3) is 0.424. The van der Waals surface area contributed by atoms with Crippen LogP contribution in [-0.4, -0.2) is 101 Å². The van der Waals surface area contributed by atoms with Gasteiger partial charge in [0.05, 0.1) is 11.6 Å². The lowest BCUT2D eigenvalue weighted by molar-refractivity contribution is -0.125. The first kappa shape index (κ1) is 34.8. The number of H-pyrrole nitrogens is 1. The molecule has 0 radical (unpaired) electrons. The Morgan fingerprint density at radius 3 is 2.51 bits per heavy atom. The van der Waals surface area contributed by atoms with Gasteiger partial charge in [-0.25, -0.2) is 4.98 Å². The van der Waals surface area contributed by atoms with Gasteiger partial charge in [0.1, 0.15) is 18.2 Å². The Kier molecular flexibility index (Phi) is 12.6. The van der Waals surface area contributed by atoms with Crippen LogP contribution in [0.3, 0.4) is 0 Å². The van der Waals surface area contributed by atoms with Crippen molar-refractivity contribution in [2.24, 2.45) is 5.92 Å². The third kappa shape index (κ3) is 9.00. The van der Waals surface area contributed by atoms with Gasteiger partial charge in [0.15, 0.2) is 11.5 Å².